The molecule has 212 valence electrons. The molecule has 38 heavy (non-hydrogen) atoms. The van der Waals surface area contributed by atoms with E-state index >= 15 is 0 Å². The minimum absolute atomic E-state index is 0.0949. The topological polar surface area (TPSA) is 144 Å². The van der Waals surface area contributed by atoms with Gasteiger partial charge in [-0.25, -0.2) is 13.9 Å². The Hall–Kier alpha value is -2.02. The SMILES string of the molecule is CC1(C)O[C@@H]2[C@@H](O1)[C@H](C(=O)NO)N(S(=O)(=O)c1ccc(OCC#CCO[Si](C)(C)C(C)(C)C)cc1)C[C@@H]2O. The van der Waals surface area contributed by atoms with Crippen LogP contribution in [0, 0.1) is 11.8 Å². The first-order valence-electron chi connectivity index (χ1n) is 12.3. The van der Waals surface area contributed by atoms with Gasteiger partial charge in [0.05, 0.1) is 17.6 Å². The van der Waals surface area contributed by atoms with Gasteiger partial charge in [-0.2, -0.15) is 4.31 Å². The smallest absolute Gasteiger partial charge is 0.264 e. The number of nitrogens with one attached hydrogen (secondary N) is 1. The van der Waals surface area contributed by atoms with Crippen molar-refractivity contribution in [2.24, 2.45) is 0 Å². The van der Waals surface area contributed by atoms with E-state index in [4.69, 9.17) is 18.6 Å². The van der Waals surface area contributed by atoms with Gasteiger partial charge in [0.2, 0.25) is 10.0 Å². The molecule has 2 aliphatic heterocycles. The van der Waals surface area contributed by atoms with Gasteiger partial charge in [0.1, 0.15) is 30.6 Å². The van der Waals surface area contributed by atoms with Crippen LogP contribution in [0.15, 0.2) is 29.2 Å². The fraction of sp³-hybridized carbons (Fsp3) is 0.640. The summed E-state index contributed by atoms with van der Waals surface area (Å²) in [6.45, 7) is 13.9. The molecule has 0 spiro atoms. The van der Waals surface area contributed by atoms with E-state index in [1.807, 2.05) is 0 Å². The summed E-state index contributed by atoms with van der Waals surface area (Å²) < 4.78 is 50.8. The number of carbonyl (C=O) groups excluding carboxylic acids is 1. The average Bonchev–Trinajstić information content (AvgIpc) is 3.15. The van der Waals surface area contributed by atoms with Crippen LogP contribution in [0.2, 0.25) is 18.1 Å². The van der Waals surface area contributed by atoms with E-state index in [1.54, 1.807) is 13.8 Å². The van der Waals surface area contributed by atoms with Crippen molar-refractivity contribution in [2.75, 3.05) is 19.8 Å². The summed E-state index contributed by atoms with van der Waals surface area (Å²) in [4.78, 5) is 12.4. The normalized spacial score (nSPS) is 25.7. The summed E-state index contributed by atoms with van der Waals surface area (Å²) in [5, 5.41) is 20.0. The van der Waals surface area contributed by atoms with Crippen molar-refractivity contribution in [3.8, 4) is 17.6 Å². The first-order valence-corrected chi connectivity index (χ1v) is 16.7. The highest BCUT2D eigenvalue weighted by Crippen LogP contribution is 2.39. The van der Waals surface area contributed by atoms with Crippen molar-refractivity contribution < 1.29 is 42.2 Å². The van der Waals surface area contributed by atoms with E-state index in [9.17, 15) is 23.5 Å². The van der Waals surface area contributed by atoms with Crippen LogP contribution in [0.4, 0.5) is 0 Å². The number of aliphatic hydroxyl groups excluding tert-OH is 1. The van der Waals surface area contributed by atoms with Gasteiger partial charge >= 0.3 is 0 Å². The third-order valence-electron chi connectivity index (χ3n) is 7.09. The monoisotopic (exact) mass is 570 g/mol. The van der Waals surface area contributed by atoms with Gasteiger partial charge in [0, 0.05) is 6.54 Å². The molecule has 0 bridgehead atoms. The number of β-amino-alcohol motifs (C(OH)–C–C–N with tert-alkyl or cyclic N) is 1. The van der Waals surface area contributed by atoms with Gasteiger partial charge < -0.3 is 23.7 Å². The molecule has 0 saturated carbocycles. The van der Waals surface area contributed by atoms with Gasteiger partial charge in [0.15, 0.2) is 14.1 Å². The molecule has 3 N–H and O–H groups in total. The maximum Gasteiger partial charge on any atom is 0.264 e. The Bertz CT molecular complexity index is 1170. The fourth-order valence-electron chi connectivity index (χ4n) is 4.02. The first kappa shape index (κ1) is 30.5. The number of carbonyl (C=O) groups is 1. The standard InChI is InChI=1S/C25H38N2O9SSi/c1-24(2,3)38(6,7)34-15-9-8-14-33-17-10-12-18(13-11-17)37(31,32)27-16-19(28)21-22(20(27)23(29)26-30)36-25(4,5)35-21/h10-13,19-22,28,30H,14-16H2,1-7H3,(H,26,29)/t19-,20+,21-,22-/m0/s1. The second kappa shape index (κ2) is 11.2. The second-order valence-electron chi connectivity index (χ2n) is 11.3. The number of hydrogen-bond donors (Lipinski definition) is 3. The van der Waals surface area contributed by atoms with Crippen molar-refractivity contribution in [1.29, 1.82) is 0 Å². The Morgan fingerprint density at radius 2 is 1.74 bits per heavy atom. The maximum absolute atomic E-state index is 13.5. The number of hydrogen-bond acceptors (Lipinski definition) is 9. The number of benzene rings is 1. The Labute approximate surface area is 225 Å². The predicted octanol–water partition coefficient (Wildman–Crippen LogP) is 1.85. The third kappa shape index (κ3) is 6.57. The van der Waals surface area contributed by atoms with Gasteiger partial charge in [-0.3, -0.25) is 10.0 Å². The van der Waals surface area contributed by atoms with Crippen molar-refractivity contribution in [1.82, 2.24) is 9.79 Å². The zero-order chi connectivity index (χ0) is 28.5. The first-order chi connectivity index (χ1) is 17.5. The summed E-state index contributed by atoms with van der Waals surface area (Å²) >= 11 is 0. The molecule has 1 amide bonds. The van der Waals surface area contributed by atoms with E-state index < -0.39 is 60.9 Å². The van der Waals surface area contributed by atoms with Crippen LogP contribution >= 0.6 is 0 Å². The Morgan fingerprint density at radius 3 is 2.32 bits per heavy atom. The molecule has 3 rings (SSSR count). The number of nitrogens with zero attached hydrogens (tertiary/aromatic N) is 1. The average molecular weight is 571 g/mol. The van der Waals surface area contributed by atoms with Crippen LogP contribution in [0.1, 0.15) is 34.6 Å². The van der Waals surface area contributed by atoms with Crippen LogP contribution in [-0.2, 0) is 28.7 Å². The molecule has 0 unspecified atom stereocenters. The van der Waals surface area contributed by atoms with Crippen molar-refractivity contribution in [3.05, 3.63) is 24.3 Å². The van der Waals surface area contributed by atoms with Crippen molar-refractivity contribution >= 4 is 24.2 Å². The quantitative estimate of drug-likeness (QED) is 0.194. The summed E-state index contributed by atoms with van der Waals surface area (Å²) in [7, 11) is -6.16. The molecule has 2 heterocycles. The number of piperidine rings is 1. The molecule has 13 heteroatoms. The van der Waals surface area contributed by atoms with Crippen LogP contribution in [0.3, 0.4) is 0 Å². The zero-order valence-corrected chi connectivity index (χ0v) is 24.7. The van der Waals surface area contributed by atoms with E-state index in [1.165, 1.54) is 29.7 Å². The van der Waals surface area contributed by atoms with Gasteiger partial charge in [-0.05, 0) is 56.2 Å². The maximum atomic E-state index is 13.5. The highest BCUT2D eigenvalue weighted by atomic mass is 32.2. The summed E-state index contributed by atoms with van der Waals surface area (Å²) in [6, 6.07) is 4.16. The Morgan fingerprint density at radius 1 is 1.16 bits per heavy atom. The predicted molar refractivity (Wildman–Crippen MR) is 140 cm³/mol. The fourth-order valence-corrected chi connectivity index (χ4v) is 6.50. The lowest BCUT2D eigenvalue weighted by molar-refractivity contribution is -0.155. The number of amides is 1. The van der Waals surface area contributed by atoms with Crippen LogP contribution in [-0.4, -0.2) is 87.2 Å². The van der Waals surface area contributed by atoms with Gasteiger partial charge in [-0.15, -0.1) is 0 Å². The summed E-state index contributed by atoms with van der Waals surface area (Å²) in [5.41, 5.74) is 1.50. The van der Waals surface area contributed by atoms with E-state index in [0.29, 0.717) is 12.4 Å². The molecular weight excluding hydrogens is 532 g/mol. The molecular formula is C25H38N2O9SSi. The highest BCUT2D eigenvalue weighted by Gasteiger charge is 2.58. The number of rotatable bonds is 7. The van der Waals surface area contributed by atoms with Crippen molar-refractivity contribution in [3.63, 3.8) is 0 Å². The Balaban J connectivity index is 1.69. The number of fused-ring (bicyclic) bond motifs is 1. The minimum atomic E-state index is -4.28. The van der Waals surface area contributed by atoms with Crippen molar-refractivity contribution in [2.45, 2.75) is 87.8 Å². The highest BCUT2D eigenvalue weighted by molar-refractivity contribution is 7.89. The molecule has 1 aromatic rings. The molecule has 2 aliphatic rings. The summed E-state index contributed by atoms with van der Waals surface area (Å²) in [5.74, 6) is 4.09. The van der Waals surface area contributed by atoms with Gasteiger partial charge in [-0.1, -0.05) is 32.6 Å². The molecule has 2 fully saturated rings. The van der Waals surface area contributed by atoms with Gasteiger partial charge in [0.25, 0.3) is 5.91 Å². The molecule has 11 nitrogen and oxygen atoms in total. The van der Waals surface area contributed by atoms with E-state index in [-0.39, 0.29) is 16.5 Å². The molecule has 0 aliphatic carbocycles. The Kier molecular flexibility index (Phi) is 9.01. The lowest BCUT2D eigenvalue weighted by Crippen LogP contribution is -2.65. The van der Waals surface area contributed by atoms with Crippen LogP contribution < -0.4 is 10.2 Å². The molecule has 1 aromatic carbocycles. The largest absolute Gasteiger partial charge is 0.481 e. The lowest BCUT2D eigenvalue weighted by atomic mass is 9.96. The number of ether oxygens (including phenoxy) is 3. The van der Waals surface area contributed by atoms with E-state index in [2.05, 4.69) is 45.7 Å². The number of aliphatic hydroxyl groups is 1. The third-order valence-corrected chi connectivity index (χ3v) is 13.4. The molecule has 2 saturated heterocycles. The second-order valence-corrected chi connectivity index (χ2v) is 18.0. The molecule has 0 radical (unpaired) electrons. The lowest BCUT2D eigenvalue weighted by Gasteiger charge is -2.40. The number of sulfonamides is 1. The molecule has 0 aromatic heterocycles. The zero-order valence-electron chi connectivity index (χ0n) is 22.8. The minimum Gasteiger partial charge on any atom is -0.481 e. The number of hydroxylamine groups is 1. The van der Waals surface area contributed by atoms with Crippen LogP contribution in [0.25, 0.3) is 0 Å². The van der Waals surface area contributed by atoms with Crippen LogP contribution in [0.5, 0.6) is 5.75 Å². The molecule has 4 atom stereocenters. The van der Waals surface area contributed by atoms with E-state index in [0.717, 1.165) is 4.31 Å². The summed E-state index contributed by atoms with van der Waals surface area (Å²) in [6.07, 6.45) is -3.32.